The summed E-state index contributed by atoms with van der Waals surface area (Å²) in [5, 5.41) is 22.3. The molecule has 0 aliphatic carbocycles. The number of hydrogen-bond acceptors (Lipinski definition) is 4. The number of nitriles is 1. The molecule has 7 heteroatoms. The van der Waals surface area contributed by atoms with Gasteiger partial charge < -0.3 is 5.32 Å². The van der Waals surface area contributed by atoms with E-state index in [1.165, 1.54) is 25.1 Å². The maximum absolute atomic E-state index is 11.9. The summed E-state index contributed by atoms with van der Waals surface area (Å²) in [6.07, 6.45) is 0.355. The fraction of sp³-hybridized carbons (Fsp3) is 0.333. The van der Waals surface area contributed by atoms with Crippen molar-refractivity contribution in [3.05, 3.63) is 32.8 Å². The molecular formula is C12H12BrN3O3. The molecule has 19 heavy (non-hydrogen) atoms. The van der Waals surface area contributed by atoms with Gasteiger partial charge in [0, 0.05) is 11.8 Å². The Labute approximate surface area is 118 Å². The molecule has 1 aromatic carbocycles. The van der Waals surface area contributed by atoms with Gasteiger partial charge in [-0.15, -0.1) is 0 Å². The molecule has 0 bridgehead atoms. The molecule has 1 rings (SSSR count). The molecule has 6 nitrogen and oxygen atoms in total. The van der Waals surface area contributed by atoms with Gasteiger partial charge in [0.05, 0.1) is 15.5 Å². The standard InChI is InChI=1S/C12H12BrN3O3/c1-3-12(2,7-14)11(17)15-8-4-5-9(13)10(6-8)16(18)19/h4-6H,3H2,1-2H3,(H,15,17). The number of nitro groups is 1. The molecule has 0 fully saturated rings. The lowest BCUT2D eigenvalue weighted by Gasteiger charge is -2.18. The second-order valence-electron chi connectivity index (χ2n) is 4.17. The van der Waals surface area contributed by atoms with Crippen molar-refractivity contribution in [2.45, 2.75) is 20.3 Å². The van der Waals surface area contributed by atoms with E-state index < -0.39 is 16.2 Å². The summed E-state index contributed by atoms with van der Waals surface area (Å²) in [5.41, 5.74) is -1.01. The summed E-state index contributed by atoms with van der Waals surface area (Å²) >= 11 is 3.06. The zero-order chi connectivity index (χ0) is 14.6. The van der Waals surface area contributed by atoms with Crippen molar-refractivity contribution in [2.75, 3.05) is 5.32 Å². The van der Waals surface area contributed by atoms with Crippen molar-refractivity contribution in [3.8, 4) is 6.07 Å². The van der Waals surface area contributed by atoms with Crippen LogP contribution in [0.3, 0.4) is 0 Å². The number of carbonyl (C=O) groups excluding carboxylic acids is 1. The molecule has 0 aromatic heterocycles. The Morgan fingerprint density at radius 2 is 2.26 bits per heavy atom. The lowest BCUT2D eigenvalue weighted by molar-refractivity contribution is -0.385. The Morgan fingerprint density at radius 3 is 2.74 bits per heavy atom. The lowest BCUT2D eigenvalue weighted by atomic mass is 9.88. The van der Waals surface area contributed by atoms with Crippen LogP contribution in [0, 0.1) is 26.9 Å². The minimum Gasteiger partial charge on any atom is -0.324 e. The van der Waals surface area contributed by atoms with Crippen LogP contribution >= 0.6 is 15.9 Å². The van der Waals surface area contributed by atoms with Gasteiger partial charge in [-0.25, -0.2) is 0 Å². The largest absolute Gasteiger partial charge is 0.324 e. The third kappa shape index (κ3) is 3.29. The van der Waals surface area contributed by atoms with Crippen LogP contribution in [0.25, 0.3) is 0 Å². The number of nitrogens with one attached hydrogen (secondary N) is 1. The number of benzene rings is 1. The van der Waals surface area contributed by atoms with E-state index in [1.807, 2.05) is 6.07 Å². The van der Waals surface area contributed by atoms with Crippen molar-refractivity contribution in [1.29, 1.82) is 5.26 Å². The van der Waals surface area contributed by atoms with E-state index in [1.54, 1.807) is 6.92 Å². The van der Waals surface area contributed by atoms with Gasteiger partial charge in [-0.1, -0.05) is 6.92 Å². The van der Waals surface area contributed by atoms with E-state index in [9.17, 15) is 14.9 Å². The van der Waals surface area contributed by atoms with Gasteiger partial charge in [0.25, 0.3) is 5.69 Å². The molecule has 0 heterocycles. The Balaban J connectivity index is 3.02. The number of rotatable bonds is 4. The highest BCUT2D eigenvalue weighted by Crippen LogP contribution is 2.29. The number of nitro benzene ring substituents is 1. The van der Waals surface area contributed by atoms with Gasteiger partial charge in [0.1, 0.15) is 5.41 Å². The molecule has 1 atom stereocenters. The fourth-order valence-corrected chi connectivity index (χ4v) is 1.68. The first kappa shape index (κ1) is 15.1. The third-order valence-corrected chi connectivity index (χ3v) is 3.53. The zero-order valence-electron chi connectivity index (χ0n) is 10.4. The van der Waals surface area contributed by atoms with Crippen molar-refractivity contribution in [1.82, 2.24) is 0 Å². The summed E-state index contributed by atoms with van der Waals surface area (Å²) < 4.78 is 0.328. The second-order valence-corrected chi connectivity index (χ2v) is 5.03. The lowest BCUT2D eigenvalue weighted by Crippen LogP contribution is -2.31. The maximum Gasteiger partial charge on any atom is 0.285 e. The van der Waals surface area contributed by atoms with Crippen LogP contribution in [0.5, 0.6) is 0 Å². The molecule has 1 unspecified atom stereocenters. The quantitative estimate of drug-likeness (QED) is 0.678. The van der Waals surface area contributed by atoms with Crippen LogP contribution in [0.4, 0.5) is 11.4 Å². The van der Waals surface area contributed by atoms with Crippen LogP contribution in [0.15, 0.2) is 22.7 Å². The second kappa shape index (κ2) is 5.80. The van der Waals surface area contributed by atoms with Crippen LogP contribution < -0.4 is 5.32 Å². The van der Waals surface area contributed by atoms with Gasteiger partial charge in [-0.2, -0.15) is 5.26 Å². The normalized spacial score (nSPS) is 13.2. The first-order valence-corrected chi connectivity index (χ1v) is 6.30. The van der Waals surface area contributed by atoms with Gasteiger partial charge in [-0.05, 0) is 41.4 Å². The smallest absolute Gasteiger partial charge is 0.285 e. The van der Waals surface area contributed by atoms with Gasteiger partial charge in [-0.3, -0.25) is 14.9 Å². The van der Waals surface area contributed by atoms with E-state index >= 15 is 0 Å². The highest BCUT2D eigenvalue weighted by molar-refractivity contribution is 9.10. The Morgan fingerprint density at radius 1 is 1.63 bits per heavy atom. The van der Waals surface area contributed by atoms with E-state index in [0.29, 0.717) is 10.9 Å². The molecule has 0 radical (unpaired) electrons. The molecule has 0 aliphatic rings. The van der Waals surface area contributed by atoms with Gasteiger partial charge >= 0.3 is 0 Å². The molecule has 100 valence electrons. The number of anilines is 1. The summed E-state index contributed by atoms with van der Waals surface area (Å²) in [6.45, 7) is 3.25. The number of halogens is 1. The first-order chi connectivity index (χ1) is 8.84. The molecule has 1 N–H and O–H groups in total. The first-order valence-electron chi connectivity index (χ1n) is 5.50. The topological polar surface area (TPSA) is 96.0 Å². The summed E-state index contributed by atoms with van der Waals surface area (Å²) in [6, 6.07) is 6.19. The molecule has 0 saturated heterocycles. The van der Waals surface area contributed by atoms with E-state index in [-0.39, 0.29) is 11.4 Å². The van der Waals surface area contributed by atoms with Crippen LogP contribution in [0.1, 0.15) is 20.3 Å². The monoisotopic (exact) mass is 325 g/mol. The van der Waals surface area contributed by atoms with Crippen LogP contribution in [-0.2, 0) is 4.79 Å². The van der Waals surface area contributed by atoms with Crippen molar-refractivity contribution in [2.24, 2.45) is 5.41 Å². The zero-order valence-corrected chi connectivity index (χ0v) is 12.0. The Bertz CT molecular complexity index is 568. The Kier molecular flexibility index (Phi) is 4.62. The predicted molar refractivity (Wildman–Crippen MR) is 73.4 cm³/mol. The van der Waals surface area contributed by atoms with Crippen LogP contribution in [-0.4, -0.2) is 10.8 Å². The van der Waals surface area contributed by atoms with Gasteiger partial charge in [0.15, 0.2) is 0 Å². The third-order valence-electron chi connectivity index (χ3n) is 2.86. The molecule has 0 spiro atoms. The molecule has 0 aliphatic heterocycles. The van der Waals surface area contributed by atoms with Crippen LogP contribution in [0.2, 0.25) is 0 Å². The summed E-state index contributed by atoms with van der Waals surface area (Å²) in [4.78, 5) is 22.2. The predicted octanol–water partition coefficient (Wildman–Crippen LogP) is 3.24. The number of amides is 1. The fourth-order valence-electron chi connectivity index (χ4n) is 1.29. The van der Waals surface area contributed by atoms with Crippen molar-refractivity contribution in [3.63, 3.8) is 0 Å². The Hall–Kier alpha value is -1.94. The molecular weight excluding hydrogens is 314 g/mol. The number of hydrogen-bond donors (Lipinski definition) is 1. The molecule has 1 aromatic rings. The average Bonchev–Trinajstić information content (AvgIpc) is 2.39. The van der Waals surface area contributed by atoms with E-state index in [2.05, 4.69) is 21.2 Å². The van der Waals surface area contributed by atoms with Crippen molar-refractivity contribution < 1.29 is 9.72 Å². The van der Waals surface area contributed by atoms with E-state index in [4.69, 9.17) is 5.26 Å². The average molecular weight is 326 g/mol. The minimum atomic E-state index is -1.15. The molecule has 1 amide bonds. The summed E-state index contributed by atoms with van der Waals surface area (Å²) in [7, 11) is 0. The van der Waals surface area contributed by atoms with E-state index in [0.717, 1.165) is 0 Å². The number of nitrogens with zero attached hydrogens (tertiary/aromatic N) is 2. The minimum absolute atomic E-state index is 0.145. The van der Waals surface area contributed by atoms with Gasteiger partial charge in [0.2, 0.25) is 5.91 Å². The SMILES string of the molecule is CCC(C)(C#N)C(=O)Nc1ccc(Br)c([N+](=O)[O-])c1. The number of carbonyl (C=O) groups is 1. The van der Waals surface area contributed by atoms with Crippen molar-refractivity contribution >= 4 is 33.2 Å². The molecule has 0 saturated carbocycles. The maximum atomic E-state index is 11.9. The highest BCUT2D eigenvalue weighted by Gasteiger charge is 2.31. The summed E-state index contributed by atoms with van der Waals surface area (Å²) in [5.74, 6) is -0.478. The highest BCUT2D eigenvalue weighted by atomic mass is 79.9.